The Morgan fingerprint density at radius 3 is 2.64 bits per heavy atom. The lowest BCUT2D eigenvalue weighted by molar-refractivity contribution is -0.115. The van der Waals surface area contributed by atoms with Gasteiger partial charge in [0.1, 0.15) is 5.58 Å². The molecule has 6 nitrogen and oxygen atoms in total. The molecule has 1 N–H and O–H groups in total. The zero-order valence-electron chi connectivity index (χ0n) is 15.9. The third-order valence-electron chi connectivity index (χ3n) is 5.12. The van der Waals surface area contributed by atoms with Crippen LogP contribution in [0.2, 0.25) is 0 Å². The molecule has 0 unspecified atom stereocenters. The first-order valence-corrected chi connectivity index (χ1v) is 10.6. The van der Waals surface area contributed by atoms with Crippen molar-refractivity contribution in [3.8, 4) is 0 Å². The smallest absolute Gasteiger partial charge is 0.242 e. The van der Waals surface area contributed by atoms with Gasteiger partial charge in [0.2, 0.25) is 15.9 Å². The summed E-state index contributed by atoms with van der Waals surface area (Å²) >= 11 is 0. The van der Waals surface area contributed by atoms with Gasteiger partial charge in [-0.2, -0.15) is 0 Å². The third-order valence-corrected chi connectivity index (χ3v) is 6.93. The van der Waals surface area contributed by atoms with E-state index in [9.17, 15) is 13.2 Å². The van der Waals surface area contributed by atoms with Crippen LogP contribution in [-0.2, 0) is 34.1 Å². The fourth-order valence-corrected chi connectivity index (χ4v) is 4.56. The highest BCUT2D eigenvalue weighted by atomic mass is 32.2. The highest BCUT2D eigenvalue weighted by Gasteiger charge is 2.19. The second-order valence-electron chi connectivity index (χ2n) is 7.27. The summed E-state index contributed by atoms with van der Waals surface area (Å²) in [7, 11) is -0.606. The summed E-state index contributed by atoms with van der Waals surface area (Å²) in [6.45, 7) is 0. The molecule has 0 atom stereocenters. The summed E-state index contributed by atoms with van der Waals surface area (Å²) in [5, 5.41) is 3.76. The van der Waals surface area contributed by atoms with Crippen molar-refractivity contribution >= 4 is 32.6 Å². The van der Waals surface area contributed by atoms with Crippen LogP contribution in [0.4, 0.5) is 5.69 Å². The maximum Gasteiger partial charge on any atom is 0.242 e. The zero-order valence-corrected chi connectivity index (χ0v) is 16.7. The van der Waals surface area contributed by atoms with Crippen molar-refractivity contribution in [1.82, 2.24) is 4.31 Å². The molecule has 0 aliphatic heterocycles. The average molecular weight is 398 g/mol. The third kappa shape index (κ3) is 3.43. The molecule has 28 heavy (non-hydrogen) atoms. The normalized spacial score (nSPS) is 13.8. The van der Waals surface area contributed by atoms with Gasteiger partial charge in [0.15, 0.2) is 0 Å². The highest BCUT2D eigenvalue weighted by molar-refractivity contribution is 7.89. The molecule has 1 aliphatic rings. The molecule has 146 valence electrons. The van der Waals surface area contributed by atoms with Gasteiger partial charge in [-0.1, -0.05) is 6.07 Å². The van der Waals surface area contributed by atoms with Crippen LogP contribution in [0.5, 0.6) is 0 Å². The number of nitrogens with zero attached hydrogens (tertiary/aromatic N) is 1. The van der Waals surface area contributed by atoms with E-state index >= 15 is 0 Å². The molecule has 1 aliphatic carbocycles. The number of hydrogen-bond acceptors (Lipinski definition) is 4. The first kappa shape index (κ1) is 18.7. The molecule has 7 heteroatoms. The standard InChI is InChI=1S/C21H22N2O4S/c1-23(2)28(25,26)18-8-4-7-17(12-18)22-21(24)11-16-13-27-20-10-15-6-3-5-14(15)9-19(16)20/h4,7-10,12-13H,3,5-6,11H2,1-2H3,(H,22,24). The van der Waals surface area contributed by atoms with E-state index in [1.165, 1.54) is 37.4 Å². The fraction of sp³-hybridized carbons (Fsp3) is 0.286. The second-order valence-corrected chi connectivity index (χ2v) is 9.42. The van der Waals surface area contributed by atoms with Crippen molar-refractivity contribution in [2.24, 2.45) is 0 Å². The summed E-state index contributed by atoms with van der Waals surface area (Å²) in [6.07, 6.45) is 5.09. The van der Waals surface area contributed by atoms with Crippen molar-refractivity contribution in [2.45, 2.75) is 30.6 Å². The van der Waals surface area contributed by atoms with Gasteiger partial charge in [-0.05, 0) is 60.7 Å². The van der Waals surface area contributed by atoms with Gasteiger partial charge < -0.3 is 9.73 Å². The molecule has 1 amide bonds. The van der Waals surface area contributed by atoms with Crippen molar-refractivity contribution in [3.05, 3.63) is 59.4 Å². The molecule has 1 aromatic heterocycles. The Balaban J connectivity index is 1.53. The van der Waals surface area contributed by atoms with E-state index in [4.69, 9.17) is 4.42 Å². The minimum absolute atomic E-state index is 0.139. The van der Waals surface area contributed by atoms with Crippen molar-refractivity contribution in [2.75, 3.05) is 19.4 Å². The van der Waals surface area contributed by atoms with Gasteiger partial charge in [-0.15, -0.1) is 0 Å². The first-order chi connectivity index (χ1) is 13.3. The summed E-state index contributed by atoms with van der Waals surface area (Å²) in [6, 6.07) is 10.5. The molecular weight excluding hydrogens is 376 g/mol. The number of anilines is 1. The number of amides is 1. The number of hydrogen-bond donors (Lipinski definition) is 1. The SMILES string of the molecule is CN(C)S(=O)(=O)c1cccc(NC(=O)Cc2coc3cc4c(cc23)CCC4)c1. The molecule has 0 bridgehead atoms. The predicted octanol–water partition coefficient (Wildman–Crippen LogP) is 3.35. The Bertz CT molecular complexity index is 1160. The number of furan rings is 1. The maximum atomic E-state index is 12.5. The Labute approximate surface area is 164 Å². The van der Waals surface area contributed by atoms with E-state index in [0.717, 1.165) is 40.1 Å². The Kier molecular flexibility index (Phi) is 4.72. The van der Waals surface area contributed by atoms with Gasteiger partial charge in [-0.3, -0.25) is 4.79 Å². The van der Waals surface area contributed by atoms with Crippen molar-refractivity contribution < 1.29 is 17.6 Å². The molecule has 2 aromatic carbocycles. The summed E-state index contributed by atoms with van der Waals surface area (Å²) < 4.78 is 31.3. The number of fused-ring (bicyclic) bond motifs is 2. The Hall–Kier alpha value is -2.64. The molecular formula is C21H22N2O4S. The Morgan fingerprint density at radius 2 is 1.89 bits per heavy atom. The maximum absolute atomic E-state index is 12.5. The van der Waals surface area contributed by atoms with Gasteiger partial charge in [0.25, 0.3) is 0 Å². The number of sulfonamides is 1. The van der Waals surface area contributed by atoms with E-state index < -0.39 is 10.0 Å². The molecule has 3 aromatic rings. The van der Waals surface area contributed by atoms with E-state index in [1.807, 2.05) is 0 Å². The van der Waals surface area contributed by atoms with Gasteiger partial charge in [0.05, 0.1) is 17.6 Å². The fourth-order valence-electron chi connectivity index (χ4n) is 3.61. The predicted molar refractivity (Wildman–Crippen MR) is 108 cm³/mol. The summed E-state index contributed by atoms with van der Waals surface area (Å²) in [5.74, 6) is -0.220. The van der Waals surface area contributed by atoms with Gasteiger partial charge in [-0.25, -0.2) is 12.7 Å². The van der Waals surface area contributed by atoms with E-state index in [0.29, 0.717) is 5.69 Å². The number of nitrogens with one attached hydrogen (secondary N) is 1. The average Bonchev–Trinajstić information content (AvgIpc) is 3.26. The van der Waals surface area contributed by atoms with Crippen LogP contribution in [0.3, 0.4) is 0 Å². The number of carbonyl (C=O) groups excluding carboxylic acids is 1. The number of benzene rings is 2. The molecule has 4 rings (SSSR count). The van der Waals surface area contributed by atoms with Crippen LogP contribution in [-0.4, -0.2) is 32.7 Å². The van der Waals surface area contributed by atoms with E-state index in [1.54, 1.807) is 18.4 Å². The monoisotopic (exact) mass is 398 g/mol. The summed E-state index contributed by atoms with van der Waals surface area (Å²) in [4.78, 5) is 12.7. The Morgan fingerprint density at radius 1 is 1.14 bits per heavy atom. The van der Waals surface area contributed by atoms with Crippen LogP contribution in [0.25, 0.3) is 11.0 Å². The topological polar surface area (TPSA) is 79.6 Å². The zero-order chi connectivity index (χ0) is 19.9. The quantitative estimate of drug-likeness (QED) is 0.715. The lowest BCUT2D eigenvalue weighted by Crippen LogP contribution is -2.22. The number of carbonyl (C=O) groups is 1. The van der Waals surface area contributed by atoms with Crippen LogP contribution >= 0.6 is 0 Å². The molecule has 1 heterocycles. The molecule has 0 radical (unpaired) electrons. The molecule has 0 spiro atoms. The lowest BCUT2D eigenvalue weighted by Gasteiger charge is -2.12. The largest absolute Gasteiger partial charge is 0.464 e. The van der Waals surface area contributed by atoms with Crippen LogP contribution < -0.4 is 5.32 Å². The molecule has 0 fully saturated rings. The van der Waals surface area contributed by atoms with Crippen molar-refractivity contribution in [3.63, 3.8) is 0 Å². The van der Waals surface area contributed by atoms with Crippen LogP contribution in [0, 0.1) is 0 Å². The van der Waals surface area contributed by atoms with Crippen LogP contribution in [0.15, 0.2) is 52.0 Å². The lowest BCUT2D eigenvalue weighted by atomic mass is 10.0. The van der Waals surface area contributed by atoms with Crippen LogP contribution in [0.1, 0.15) is 23.1 Å². The van der Waals surface area contributed by atoms with E-state index in [-0.39, 0.29) is 17.2 Å². The van der Waals surface area contributed by atoms with Gasteiger partial charge in [0, 0.05) is 30.7 Å². The molecule has 0 saturated carbocycles. The minimum Gasteiger partial charge on any atom is -0.464 e. The minimum atomic E-state index is -3.55. The second kappa shape index (κ2) is 7.07. The van der Waals surface area contributed by atoms with Gasteiger partial charge >= 0.3 is 0 Å². The number of aryl methyl sites for hydroxylation is 2. The van der Waals surface area contributed by atoms with Crippen molar-refractivity contribution in [1.29, 1.82) is 0 Å². The number of rotatable bonds is 5. The summed E-state index contributed by atoms with van der Waals surface area (Å²) in [5.41, 5.74) is 4.75. The van der Waals surface area contributed by atoms with E-state index in [2.05, 4.69) is 17.4 Å². The first-order valence-electron chi connectivity index (χ1n) is 9.19. The molecule has 0 saturated heterocycles. The highest BCUT2D eigenvalue weighted by Crippen LogP contribution is 2.30.